The molecule has 0 radical (unpaired) electrons. The lowest BCUT2D eigenvalue weighted by Crippen LogP contribution is -2.35. The van der Waals surface area contributed by atoms with Gasteiger partial charge in [0.25, 0.3) is 0 Å². The SMILES string of the molecule is COC(=O)N1CCc2nc(NC(=O)CSc3ccc(OC)cc3)sc2C1. The third-order valence-corrected chi connectivity index (χ3v) is 5.85. The summed E-state index contributed by atoms with van der Waals surface area (Å²) >= 11 is 2.85. The minimum Gasteiger partial charge on any atom is -0.497 e. The van der Waals surface area contributed by atoms with Crippen molar-refractivity contribution >= 4 is 40.2 Å². The smallest absolute Gasteiger partial charge is 0.409 e. The Kier molecular flexibility index (Phi) is 6.00. The summed E-state index contributed by atoms with van der Waals surface area (Å²) in [7, 11) is 2.99. The number of thiazole rings is 1. The molecule has 9 heteroatoms. The van der Waals surface area contributed by atoms with Gasteiger partial charge in [0, 0.05) is 22.7 Å². The normalized spacial score (nSPS) is 13.1. The van der Waals surface area contributed by atoms with Gasteiger partial charge in [-0.15, -0.1) is 11.8 Å². The Hall–Kier alpha value is -2.26. The number of fused-ring (bicyclic) bond motifs is 1. The number of amides is 2. The lowest BCUT2D eigenvalue weighted by Gasteiger charge is -2.24. The maximum absolute atomic E-state index is 12.2. The fourth-order valence-electron chi connectivity index (χ4n) is 2.51. The number of methoxy groups -OCH3 is 2. The fraction of sp³-hybridized carbons (Fsp3) is 0.353. The number of thioether (sulfide) groups is 1. The number of nitrogens with one attached hydrogen (secondary N) is 1. The monoisotopic (exact) mass is 393 g/mol. The Balaban J connectivity index is 1.53. The van der Waals surface area contributed by atoms with Crippen LogP contribution in [0.15, 0.2) is 29.2 Å². The second-order valence-electron chi connectivity index (χ2n) is 5.54. The summed E-state index contributed by atoms with van der Waals surface area (Å²) in [5, 5.41) is 3.41. The molecule has 7 nitrogen and oxygen atoms in total. The van der Waals surface area contributed by atoms with Crippen molar-refractivity contribution in [1.82, 2.24) is 9.88 Å². The molecule has 0 bridgehead atoms. The molecule has 0 aliphatic carbocycles. The van der Waals surface area contributed by atoms with E-state index in [1.54, 1.807) is 12.0 Å². The van der Waals surface area contributed by atoms with Gasteiger partial charge in [0.2, 0.25) is 5.91 Å². The predicted octanol–water partition coefficient (Wildman–Crippen LogP) is 3.01. The van der Waals surface area contributed by atoms with Crippen molar-refractivity contribution < 1.29 is 19.1 Å². The largest absolute Gasteiger partial charge is 0.497 e. The Labute approximate surface area is 159 Å². The van der Waals surface area contributed by atoms with Gasteiger partial charge in [-0.05, 0) is 24.3 Å². The second kappa shape index (κ2) is 8.41. The molecule has 0 saturated carbocycles. The standard InChI is InChI=1S/C17H19N3O4S2/c1-23-11-3-5-12(6-4-11)25-10-15(21)19-16-18-13-7-8-20(17(22)24-2)9-14(13)26-16/h3-6H,7-10H2,1-2H3,(H,18,19,21). The van der Waals surface area contributed by atoms with Crippen LogP contribution in [0, 0.1) is 0 Å². The van der Waals surface area contributed by atoms with Crippen LogP contribution in [0.1, 0.15) is 10.6 Å². The Morgan fingerprint density at radius 1 is 1.31 bits per heavy atom. The maximum Gasteiger partial charge on any atom is 0.409 e. The highest BCUT2D eigenvalue weighted by Gasteiger charge is 2.24. The zero-order chi connectivity index (χ0) is 18.5. The van der Waals surface area contributed by atoms with Crippen molar-refractivity contribution in [3.05, 3.63) is 34.8 Å². The molecule has 1 aromatic heterocycles. The Morgan fingerprint density at radius 2 is 2.08 bits per heavy atom. The molecule has 0 spiro atoms. The first-order chi connectivity index (χ1) is 12.6. The van der Waals surface area contributed by atoms with Crippen LogP contribution in [0.5, 0.6) is 5.75 Å². The van der Waals surface area contributed by atoms with Gasteiger partial charge in [0.05, 0.1) is 32.2 Å². The molecule has 1 aliphatic heterocycles. The molecule has 2 aromatic rings. The van der Waals surface area contributed by atoms with E-state index in [0.717, 1.165) is 21.2 Å². The average Bonchev–Trinajstić information content (AvgIpc) is 3.07. The van der Waals surface area contributed by atoms with Crippen LogP contribution in [0.3, 0.4) is 0 Å². The third kappa shape index (κ3) is 4.47. The summed E-state index contributed by atoms with van der Waals surface area (Å²) < 4.78 is 9.87. The molecule has 26 heavy (non-hydrogen) atoms. The van der Waals surface area contributed by atoms with Crippen molar-refractivity contribution in [3.8, 4) is 5.75 Å². The van der Waals surface area contributed by atoms with Crippen molar-refractivity contribution in [3.63, 3.8) is 0 Å². The molecule has 1 N–H and O–H groups in total. The summed E-state index contributed by atoms with van der Waals surface area (Å²) in [4.78, 5) is 31.9. The van der Waals surface area contributed by atoms with Gasteiger partial charge in [0.1, 0.15) is 5.75 Å². The van der Waals surface area contributed by atoms with E-state index in [0.29, 0.717) is 30.4 Å². The fourth-order valence-corrected chi connectivity index (χ4v) is 4.25. The van der Waals surface area contributed by atoms with Gasteiger partial charge in [-0.25, -0.2) is 9.78 Å². The van der Waals surface area contributed by atoms with Crippen LogP contribution in [-0.2, 0) is 22.5 Å². The first-order valence-electron chi connectivity index (χ1n) is 7.97. The van der Waals surface area contributed by atoms with E-state index in [1.165, 1.54) is 30.2 Å². The number of rotatable bonds is 5. The Bertz CT molecular complexity index is 792. The van der Waals surface area contributed by atoms with E-state index < -0.39 is 0 Å². The summed E-state index contributed by atoms with van der Waals surface area (Å²) in [6.07, 6.45) is 0.322. The zero-order valence-corrected chi connectivity index (χ0v) is 16.1. The molecule has 1 aromatic carbocycles. The summed E-state index contributed by atoms with van der Waals surface area (Å²) in [6, 6.07) is 7.56. The molecule has 0 saturated heterocycles. The van der Waals surface area contributed by atoms with Crippen molar-refractivity contribution in [2.24, 2.45) is 0 Å². The van der Waals surface area contributed by atoms with Crippen molar-refractivity contribution in [2.75, 3.05) is 31.8 Å². The van der Waals surface area contributed by atoms with E-state index >= 15 is 0 Å². The second-order valence-corrected chi connectivity index (χ2v) is 7.68. The van der Waals surface area contributed by atoms with Crippen LogP contribution in [0.25, 0.3) is 0 Å². The molecule has 2 heterocycles. The number of hydrogen-bond donors (Lipinski definition) is 1. The predicted molar refractivity (Wildman–Crippen MR) is 101 cm³/mol. The van der Waals surface area contributed by atoms with Crippen LogP contribution in [0.4, 0.5) is 9.93 Å². The number of carbonyl (C=O) groups excluding carboxylic acids is 2. The van der Waals surface area contributed by atoms with E-state index in [1.807, 2.05) is 24.3 Å². The molecule has 138 valence electrons. The van der Waals surface area contributed by atoms with Crippen LogP contribution in [-0.4, -0.2) is 48.4 Å². The number of hydrogen-bond acceptors (Lipinski definition) is 7. The van der Waals surface area contributed by atoms with E-state index in [9.17, 15) is 9.59 Å². The third-order valence-electron chi connectivity index (χ3n) is 3.84. The highest BCUT2D eigenvalue weighted by molar-refractivity contribution is 8.00. The number of aromatic nitrogens is 1. The number of anilines is 1. The average molecular weight is 393 g/mol. The van der Waals surface area contributed by atoms with Gasteiger partial charge < -0.3 is 19.7 Å². The van der Waals surface area contributed by atoms with Gasteiger partial charge in [-0.1, -0.05) is 11.3 Å². The van der Waals surface area contributed by atoms with Gasteiger partial charge in [-0.2, -0.15) is 0 Å². The molecule has 0 fully saturated rings. The summed E-state index contributed by atoms with van der Waals surface area (Å²) in [5.41, 5.74) is 0.938. The first-order valence-corrected chi connectivity index (χ1v) is 9.77. The van der Waals surface area contributed by atoms with Gasteiger partial charge in [-0.3, -0.25) is 4.79 Å². The lowest BCUT2D eigenvalue weighted by molar-refractivity contribution is -0.113. The minimum absolute atomic E-state index is 0.110. The van der Waals surface area contributed by atoms with E-state index in [-0.39, 0.29) is 12.0 Å². The number of ether oxygens (including phenoxy) is 2. The molecule has 1 aliphatic rings. The van der Waals surface area contributed by atoms with Gasteiger partial charge >= 0.3 is 6.09 Å². The van der Waals surface area contributed by atoms with Crippen LogP contribution >= 0.6 is 23.1 Å². The highest BCUT2D eigenvalue weighted by Crippen LogP contribution is 2.29. The number of carbonyl (C=O) groups is 2. The Morgan fingerprint density at radius 3 is 2.77 bits per heavy atom. The zero-order valence-electron chi connectivity index (χ0n) is 14.5. The van der Waals surface area contributed by atoms with Crippen molar-refractivity contribution in [1.29, 1.82) is 0 Å². The molecular weight excluding hydrogens is 374 g/mol. The van der Waals surface area contributed by atoms with Gasteiger partial charge in [0.15, 0.2) is 5.13 Å². The maximum atomic E-state index is 12.2. The topological polar surface area (TPSA) is 80.8 Å². The molecule has 0 unspecified atom stereocenters. The first kappa shape index (κ1) is 18.5. The quantitative estimate of drug-likeness (QED) is 0.787. The number of benzene rings is 1. The highest BCUT2D eigenvalue weighted by atomic mass is 32.2. The lowest BCUT2D eigenvalue weighted by atomic mass is 10.2. The summed E-state index contributed by atoms with van der Waals surface area (Å²) in [6.45, 7) is 1.04. The summed E-state index contributed by atoms with van der Waals surface area (Å²) in [5.74, 6) is 0.972. The molecule has 2 amide bonds. The van der Waals surface area contributed by atoms with Crippen LogP contribution < -0.4 is 10.1 Å². The van der Waals surface area contributed by atoms with Crippen molar-refractivity contribution in [2.45, 2.75) is 17.9 Å². The molecule has 3 rings (SSSR count). The minimum atomic E-state index is -0.342. The van der Waals surface area contributed by atoms with E-state index in [2.05, 4.69) is 10.3 Å². The van der Waals surface area contributed by atoms with E-state index in [4.69, 9.17) is 9.47 Å². The number of nitrogens with zero attached hydrogens (tertiary/aromatic N) is 2. The van der Waals surface area contributed by atoms with Crippen LogP contribution in [0.2, 0.25) is 0 Å². The molecular formula is C17H19N3O4S2. The molecule has 0 atom stereocenters.